The van der Waals surface area contributed by atoms with Gasteiger partial charge in [-0.15, -0.1) is 11.3 Å². The van der Waals surface area contributed by atoms with Crippen LogP contribution in [0.25, 0.3) is 33.4 Å². The van der Waals surface area contributed by atoms with Crippen LogP contribution in [0.2, 0.25) is 0 Å². The van der Waals surface area contributed by atoms with Crippen LogP contribution < -0.4 is 10.7 Å². The monoisotopic (exact) mass is 795 g/mol. The molecule has 5 atom stereocenters. The van der Waals surface area contributed by atoms with Crippen LogP contribution in [-0.4, -0.2) is 93.7 Å². The number of esters is 1. The number of fused-ring (bicyclic) bond motifs is 7. The number of amides is 2. The van der Waals surface area contributed by atoms with Crippen LogP contribution in [0.15, 0.2) is 41.9 Å². The van der Waals surface area contributed by atoms with E-state index in [4.69, 9.17) is 19.4 Å². The van der Waals surface area contributed by atoms with Crippen molar-refractivity contribution in [1.29, 1.82) is 0 Å². The Morgan fingerprint density at radius 2 is 1.93 bits per heavy atom. The lowest BCUT2D eigenvalue weighted by Crippen LogP contribution is -2.61. The molecule has 3 saturated heterocycles. The molecule has 8 rings (SSSR count). The third-order valence-electron chi connectivity index (χ3n) is 12.6. The minimum Gasteiger partial charge on any atom is -0.464 e. The van der Waals surface area contributed by atoms with E-state index < -0.39 is 17.5 Å². The van der Waals surface area contributed by atoms with Gasteiger partial charge in [0.05, 0.1) is 40.7 Å². The Kier molecular flexibility index (Phi) is 11.5. The lowest BCUT2D eigenvalue weighted by atomic mass is 9.83. The molecule has 6 bridgehead atoms. The van der Waals surface area contributed by atoms with Gasteiger partial charge in [-0.25, -0.2) is 10.4 Å². The minimum absolute atomic E-state index is 0.0649. The predicted octanol–water partition coefficient (Wildman–Crippen LogP) is 6.47. The highest BCUT2D eigenvalue weighted by atomic mass is 32.1. The average Bonchev–Trinajstić information content (AvgIpc) is 3.83. The third kappa shape index (κ3) is 8.00. The number of nitrogens with one attached hydrogen (secondary N) is 2. The molecule has 0 radical (unpaired) electrons. The van der Waals surface area contributed by atoms with Crippen molar-refractivity contribution in [2.24, 2.45) is 11.3 Å². The maximum Gasteiger partial charge on any atom is 0.324 e. The van der Waals surface area contributed by atoms with E-state index in [9.17, 15) is 14.4 Å². The number of rotatable bonds is 6. The number of aryl methyl sites for hydroxylation is 1. The quantitative estimate of drug-likeness (QED) is 0.211. The van der Waals surface area contributed by atoms with E-state index in [0.717, 1.165) is 95.0 Å². The Balaban J connectivity index is 1.20. The van der Waals surface area contributed by atoms with Crippen LogP contribution in [0, 0.1) is 11.3 Å². The molecule has 57 heavy (non-hydrogen) atoms. The zero-order chi connectivity index (χ0) is 39.8. The van der Waals surface area contributed by atoms with Crippen molar-refractivity contribution in [3.8, 4) is 22.5 Å². The molecule has 0 spiro atoms. The van der Waals surface area contributed by atoms with Gasteiger partial charge in [-0.2, -0.15) is 0 Å². The molecule has 7 heterocycles. The lowest BCUT2D eigenvalue weighted by Gasteiger charge is -2.44. The molecule has 0 saturated carbocycles. The first kappa shape index (κ1) is 39.6. The summed E-state index contributed by atoms with van der Waals surface area (Å²) in [7, 11) is 1.71. The van der Waals surface area contributed by atoms with Crippen molar-refractivity contribution >= 4 is 40.0 Å². The second-order valence-corrected chi connectivity index (χ2v) is 18.1. The van der Waals surface area contributed by atoms with Gasteiger partial charge in [0.2, 0.25) is 5.91 Å². The van der Waals surface area contributed by atoms with Crippen LogP contribution in [0.4, 0.5) is 0 Å². The Morgan fingerprint density at radius 3 is 2.75 bits per heavy atom. The van der Waals surface area contributed by atoms with Crippen molar-refractivity contribution in [3.63, 3.8) is 0 Å². The Morgan fingerprint density at radius 1 is 1.11 bits per heavy atom. The van der Waals surface area contributed by atoms with Gasteiger partial charge < -0.3 is 19.4 Å². The van der Waals surface area contributed by atoms with Gasteiger partial charge in [0.15, 0.2) is 0 Å². The molecule has 3 fully saturated rings. The number of thiazole rings is 1. The second-order valence-electron chi connectivity index (χ2n) is 17.1. The average molecular weight is 796 g/mol. The molecular formula is C44H57N7O5S. The second kappa shape index (κ2) is 16.6. The Labute approximate surface area is 339 Å². The van der Waals surface area contributed by atoms with E-state index in [1.54, 1.807) is 7.11 Å². The zero-order valence-corrected chi connectivity index (χ0v) is 34.8. The lowest BCUT2D eigenvalue weighted by molar-refractivity contribution is -0.155. The van der Waals surface area contributed by atoms with Crippen molar-refractivity contribution in [2.75, 3.05) is 33.4 Å². The number of benzene rings is 1. The van der Waals surface area contributed by atoms with Gasteiger partial charge in [-0.3, -0.25) is 29.3 Å². The van der Waals surface area contributed by atoms with Crippen molar-refractivity contribution in [1.82, 2.24) is 35.2 Å². The number of methoxy groups -OCH3 is 1. The summed E-state index contributed by atoms with van der Waals surface area (Å²) in [4.78, 5) is 54.8. The highest BCUT2D eigenvalue weighted by Gasteiger charge is 2.40. The van der Waals surface area contributed by atoms with Crippen molar-refractivity contribution in [3.05, 3.63) is 58.2 Å². The zero-order valence-electron chi connectivity index (χ0n) is 34.0. The topological polar surface area (TPSA) is 131 Å². The first-order valence-electron chi connectivity index (χ1n) is 20.9. The molecule has 304 valence electrons. The first-order valence-corrected chi connectivity index (χ1v) is 21.8. The first-order chi connectivity index (χ1) is 27.5. The van der Waals surface area contributed by atoms with E-state index in [0.29, 0.717) is 25.8 Å². The smallest absolute Gasteiger partial charge is 0.324 e. The molecular weight excluding hydrogens is 739 g/mol. The maximum absolute atomic E-state index is 14.4. The molecule has 0 aliphatic carbocycles. The predicted molar refractivity (Wildman–Crippen MR) is 221 cm³/mol. The summed E-state index contributed by atoms with van der Waals surface area (Å²) in [6.07, 6.45) is 8.75. The van der Waals surface area contributed by atoms with E-state index in [2.05, 4.69) is 70.6 Å². The number of ether oxygens (including phenoxy) is 2. The molecule has 3 aromatic heterocycles. The van der Waals surface area contributed by atoms with Gasteiger partial charge in [-0.1, -0.05) is 26.3 Å². The summed E-state index contributed by atoms with van der Waals surface area (Å²) < 4.78 is 14.3. The van der Waals surface area contributed by atoms with Crippen LogP contribution in [0.5, 0.6) is 0 Å². The number of carbonyl (C=O) groups excluding carboxylic acids is 3. The summed E-state index contributed by atoms with van der Waals surface area (Å²) in [6.45, 7) is 11.9. The Hall–Kier alpha value is -4.17. The standard InChI is InChI=1S/C44H57N7O5S/c1-6-50-37-17-16-28-22-31(37)32(40(50)30-12-9-18-45-39(30)27(2)55-5)24-44(3,4)26-56-43(54)33-14-11-21-51(48-33)42(53)34(23-38-46-35(28)25-57-38)47-41(52)29-13-10-20-49-19-8-7-15-36(29)49/h9,12,16-18,22,25,27,29,33-34,36,48H,6-8,10-11,13-15,19-21,23-24,26H2,1-5H3,(H,47,52)/t27-,29+,33-,34-,36+/m0/s1. The molecule has 2 amide bonds. The molecule has 13 heteroatoms. The number of hydrogen-bond acceptors (Lipinski definition) is 10. The van der Waals surface area contributed by atoms with E-state index in [1.165, 1.54) is 22.8 Å². The number of nitrogens with zero attached hydrogens (tertiary/aromatic N) is 5. The number of piperidine rings is 2. The highest BCUT2D eigenvalue weighted by Crippen LogP contribution is 2.42. The molecule has 0 unspecified atom stereocenters. The summed E-state index contributed by atoms with van der Waals surface area (Å²) >= 11 is 1.51. The van der Waals surface area contributed by atoms with Crippen LogP contribution >= 0.6 is 11.3 Å². The fourth-order valence-corrected chi connectivity index (χ4v) is 10.5. The minimum atomic E-state index is -0.839. The highest BCUT2D eigenvalue weighted by molar-refractivity contribution is 7.10. The summed E-state index contributed by atoms with van der Waals surface area (Å²) in [5.41, 5.74) is 9.78. The van der Waals surface area contributed by atoms with Gasteiger partial charge in [0, 0.05) is 71.7 Å². The number of pyridine rings is 1. The Bertz CT molecular complexity index is 2130. The van der Waals surface area contributed by atoms with Gasteiger partial charge in [-0.05, 0) is 102 Å². The van der Waals surface area contributed by atoms with Gasteiger partial charge in [0.25, 0.3) is 5.91 Å². The molecule has 4 aliphatic rings. The largest absolute Gasteiger partial charge is 0.464 e. The summed E-state index contributed by atoms with van der Waals surface area (Å²) in [5.74, 6) is -0.861. The van der Waals surface area contributed by atoms with Crippen molar-refractivity contribution in [2.45, 2.75) is 116 Å². The van der Waals surface area contributed by atoms with E-state index in [-0.39, 0.29) is 48.9 Å². The van der Waals surface area contributed by atoms with Crippen LogP contribution in [0.3, 0.4) is 0 Å². The number of carbonyl (C=O) groups is 3. The summed E-state index contributed by atoms with van der Waals surface area (Å²) in [5, 5.41) is 8.68. The van der Waals surface area contributed by atoms with Crippen molar-refractivity contribution < 1.29 is 23.9 Å². The molecule has 4 aliphatic heterocycles. The van der Waals surface area contributed by atoms with E-state index in [1.807, 2.05) is 19.2 Å². The van der Waals surface area contributed by atoms with E-state index >= 15 is 0 Å². The fourth-order valence-electron chi connectivity index (χ4n) is 9.61. The number of aromatic nitrogens is 3. The normalized spacial score (nSPS) is 25.0. The maximum atomic E-state index is 14.4. The number of hydrazine groups is 1. The van der Waals surface area contributed by atoms with Crippen LogP contribution in [0.1, 0.15) is 95.0 Å². The third-order valence-corrected chi connectivity index (χ3v) is 13.5. The summed E-state index contributed by atoms with van der Waals surface area (Å²) in [6, 6.07) is 9.31. The SMILES string of the molecule is CCn1c(-c2cccnc2[C@H](C)OC)c2c3cc(ccc31)-c1csc(n1)C[C@H](NC(=O)[C@@H]1CCCN3CCCC[C@H]13)C(=O)N1CCC[C@H](N1)C(=O)OCC(C)(C)C2. The van der Waals surface area contributed by atoms with Crippen LogP contribution in [-0.2, 0) is 43.2 Å². The van der Waals surface area contributed by atoms with Gasteiger partial charge >= 0.3 is 5.97 Å². The molecule has 2 N–H and O–H groups in total. The van der Waals surface area contributed by atoms with Gasteiger partial charge in [0.1, 0.15) is 12.1 Å². The fraction of sp³-hybridized carbons (Fsp3) is 0.568. The molecule has 4 aromatic rings. The molecule has 12 nitrogen and oxygen atoms in total. The number of hydrogen-bond donors (Lipinski definition) is 2. The molecule has 1 aromatic carbocycles. The number of cyclic esters (lactones) is 1.